The minimum absolute atomic E-state index is 0.00916. The van der Waals surface area contributed by atoms with Crippen LogP contribution in [0.15, 0.2) is 0 Å². The van der Waals surface area contributed by atoms with Crippen molar-refractivity contribution >= 4 is 11.8 Å². The first-order valence-corrected chi connectivity index (χ1v) is 6.10. The fourth-order valence-electron chi connectivity index (χ4n) is 1.39. The highest BCUT2D eigenvalue weighted by molar-refractivity contribution is 5.76. The third kappa shape index (κ3) is 7.74. The fourth-order valence-corrected chi connectivity index (χ4v) is 1.39. The Kier molecular flexibility index (Phi) is 8.40. The van der Waals surface area contributed by atoms with Gasteiger partial charge in [-0.2, -0.15) is 0 Å². The van der Waals surface area contributed by atoms with Crippen molar-refractivity contribution in [2.75, 3.05) is 20.2 Å². The first-order chi connectivity index (χ1) is 7.99. The van der Waals surface area contributed by atoms with Crippen molar-refractivity contribution in [1.82, 2.24) is 10.2 Å². The molecular weight excluding hydrogens is 220 g/mol. The Morgan fingerprint density at radius 3 is 2.47 bits per heavy atom. The molecule has 2 amide bonds. The van der Waals surface area contributed by atoms with Gasteiger partial charge in [0.2, 0.25) is 11.8 Å². The maximum atomic E-state index is 11.6. The molecule has 0 bridgehead atoms. The molecule has 0 spiro atoms. The lowest BCUT2D eigenvalue weighted by Crippen LogP contribution is -2.37. The Labute approximate surface area is 103 Å². The number of carbonyl (C=O) groups is 2. The number of aliphatic hydroxyl groups excluding tert-OH is 1. The summed E-state index contributed by atoms with van der Waals surface area (Å²) < 4.78 is 0. The van der Waals surface area contributed by atoms with E-state index < -0.39 is 0 Å². The first-order valence-electron chi connectivity index (χ1n) is 6.10. The number of carbonyl (C=O) groups excluding carboxylic acids is 2. The van der Waals surface area contributed by atoms with Crippen molar-refractivity contribution in [3.05, 3.63) is 0 Å². The minimum Gasteiger partial charge on any atom is -0.394 e. The molecule has 2 N–H and O–H groups in total. The number of rotatable bonds is 8. The average molecular weight is 244 g/mol. The molecule has 0 radical (unpaired) electrons. The van der Waals surface area contributed by atoms with E-state index in [4.69, 9.17) is 5.11 Å². The van der Waals surface area contributed by atoms with E-state index in [-0.39, 0.29) is 24.5 Å². The molecule has 5 heteroatoms. The molecule has 0 aromatic carbocycles. The Balaban J connectivity index is 3.54. The van der Waals surface area contributed by atoms with Gasteiger partial charge < -0.3 is 15.3 Å². The molecule has 1 unspecified atom stereocenters. The van der Waals surface area contributed by atoms with E-state index in [0.717, 1.165) is 19.3 Å². The second-order valence-electron chi connectivity index (χ2n) is 4.33. The van der Waals surface area contributed by atoms with E-state index in [1.807, 2.05) is 6.92 Å². The van der Waals surface area contributed by atoms with Gasteiger partial charge in [0.05, 0.1) is 12.6 Å². The summed E-state index contributed by atoms with van der Waals surface area (Å²) in [5.74, 6) is 0.0451. The average Bonchev–Trinajstić information content (AvgIpc) is 2.30. The molecule has 0 aromatic heterocycles. The highest BCUT2D eigenvalue weighted by Gasteiger charge is 2.13. The normalized spacial score (nSPS) is 12.0. The molecule has 0 aliphatic rings. The second kappa shape index (κ2) is 8.98. The van der Waals surface area contributed by atoms with E-state index >= 15 is 0 Å². The number of likely N-dealkylation sites (N-methyl/N-ethyl adjacent to an activating group) is 1. The minimum atomic E-state index is -0.123. The van der Waals surface area contributed by atoms with Gasteiger partial charge >= 0.3 is 0 Å². The van der Waals surface area contributed by atoms with Crippen LogP contribution in [0.2, 0.25) is 0 Å². The summed E-state index contributed by atoms with van der Waals surface area (Å²) in [7, 11) is 1.71. The predicted octanol–water partition coefficient (Wildman–Crippen LogP) is 0.522. The molecule has 0 aliphatic carbocycles. The van der Waals surface area contributed by atoms with Crippen LogP contribution in [0.4, 0.5) is 0 Å². The zero-order valence-electron chi connectivity index (χ0n) is 11.0. The molecular formula is C12H24N2O3. The molecule has 0 aliphatic heterocycles. The molecule has 0 saturated carbocycles. The smallest absolute Gasteiger partial charge is 0.222 e. The SMILES string of the molecule is CC(=O)NCCCCCC(=O)N(C)C(C)CO. The van der Waals surface area contributed by atoms with Crippen molar-refractivity contribution in [3.63, 3.8) is 0 Å². The maximum absolute atomic E-state index is 11.6. The fraction of sp³-hybridized carbons (Fsp3) is 0.833. The van der Waals surface area contributed by atoms with Crippen LogP contribution in [0.1, 0.15) is 39.5 Å². The van der Waals surface area contributed by atoms with Crippen molar-refractivity contribution in [1.29, 1.82) is 0 Å². The number of nitrogens with one attached hydrogen (secondary N) is 1. The van der Waals surface area contributed by atoms with Gasteiger partial charge in [-0.3, -0.25) is 9.59 Å². The Morgan fingerprint density at radius 1 is 1.29 bits per heavy atom. The van der Waals surface area contributed by atoms with E-state index in [0.29, 0.717) is 13.0 Å². The van der Waals surface area contributed by atoms with E-state index in [1.54, 1.807) is 11.9 Å². The monoisotopic (exact) mass is 244 g/mol. The summed E-state index contributed by atoms with van der Waals surface area (Å²) in [6.45, 7) is 3.97. The van der Waals surface area contributed by atoms with Crippen molar-refractivity contribution in [2.24, 2.45) is 0 Å². The van der Waals surface area contributed by atoms with E-state index in [9.17, 15) is 9.59 Å². The van der Waals surface area contributed by atoms with Crippen molar-refractivity contribution < 1.29 is 14.7 Å². The molecule has 0 rings (SSSR count). The quantitative estimate of drug-likeness (QED) is 0.612. The molecule has 0 aromatic rings. The summed E-state index contributed by atoms with van der Waals surface area (Å²) in [5, 5.41) is 11.6. The summed E-state index contributed by atoms with van der Waals surface area (Å²) >= 11 is 0. The third-order valence-corrected chi connectivity index (χ3v) is 2.76. The molecule has 5 nitrogen and oxygen atoms in total. The number of hydrogen-bond donors (Lipinski definition) is 2. The number of amides is 2. The summed E-state index contributed by atoms with van der Waals surface area (Å²) in [5.41, 5.74) is 0. The summed E-state index contributed by atoms with van der Waals surface area (Å²) in [6, 6.07) is -0.123. The molecule has 0 fully saturated rings. The predicted molar refractivity (Wildman–Crippen MR) is 66.5 cm³/mol. The van der Waals surface area contributed by atoms with E-state index in [1.165, 1.54) is 6.92 Å². The first kappa shape index (κ1) is 15.9. The topological polar surface area (TPSA) is 69.6 Å². The van der Waals surface area contributed by atoms with Crippen LogP contribution in [0.3, 0.4) is 0 Å². The molecule has 17 heavy (non-hydrogen) atoms. The number of hydrogen-bond acceptors (Lipinski definition) is 3. The van der Waals surface area contributed by atoms with Gasteiger partial charge in [0, 0.05) is 26.9 Å². The van der Waals surface area contributed by atoms with Gasteiger partial charge in [-0.25, -0.2) is 0 Å². The zero-order chi connectivity index (χ0) is 13.3. The van der Waals surface area contributed by atoms with Gasteiger partial charge in [0.25, 0.3) is 0 Å². The van der Waals surface area contributed by atoms with Gasteiger partial charge in [0.15, 0.2) is 0 Å². The van der Waals surface area contributed by atoms with Crippen LogP contribution in [-0.2, 0) is 9.59 Å². The van der Waals surface area contributed by atoms with Crippen LogP contribution in [0.25, 0.3) is 0 Å². The van der Waals surface area contributed by atoms with Crippen LogP contribution < -0.4 is 5.32 Å². The lowest BCUT2D eigenvalue weighted by Gasteiger charge is -2.23. The standard InChI is InChI=1S/C12H24N2O3/c1-10(9-15)14(3)12(17)7-5-4-6-8-13-11(2)16/h10,15H,4-9H2,1-3H3,(H,13,16). The summed E-state index contributed by atoms with van der Waals surface area (Å²) in [6.07, 6.45) is 3.14. The number of aliphatic hydroxyl groups is 1. The van der Waals surface area contributed by atoms with Crippen molar-refractivity contribution in [3.8, 4) is 0 Å². The van der Waals surface area contributed by atoms with Gasteiger partial charge in [-0.05, 0) is 19.8 Å². The Bertz CT molecular complexity index is 244. The van der Waals surface area contributed by atoms with Crippen LogP contribution in [0.5, 0.6) is 0 Å². The Hall–Kier alpha value is -1.10. The second-order valence-corrected chi connectivity index (χ2v) is 4.33. The van der Waals surface area contributed by atoms with Crippen LogP contribution in [0, 0.1) is 0 Å². The van der Waals surface area contributed by atoms with Gasteiger partial charge in [-0.1, -0.05) is 6.42 Å². The lowest BCUT2D eigenvalue weighted by molar-refractivity contribution is -0.132. The molecule has 1 atom stereocenters. The van der Waals surface area contributed by atoms with Gasteiger partial charge in [0.1, 0.15) is 0 Å². The molecule has 0 saturated heterocycles. The summed E-state index contributed by atoms with van der Waals surface area (Å²) in [4.78, 5) is 23.8. The number of nitrogens with zero attached hydrogens (tertiary/aromatic N) is 1. The van der Waals surface area contributed by atoms with Gasteiger partial charge in [-0.15, -0.1) is 0 Å². The molecule has 0 heterocycles. The van der Waals surface area contributed by atoms with Crippen molar-refractivity contribution in [2.45, 2.75) is 45.6 Å². The highest BCUT2D eigenvalue weighted by Crippen LogP contribution is 2.04. The van der Waals surface area contributed by atoms with E-state index in [2.05, 4.69) is 5.32 Å². The van der Waals surface area contributed by atoms with Crippen LogP contribution >= 0.6 is 0 Å². The highest BCUT2D eigenvalue weighted by atomic mass is 16.3. The molecule has 100 valence electrons. The third-order valence-electron chi connectivity index (χ3n) is 2.76. The largest absolute Gasteiger partial charge is 0.394 e. The number of unbranched alkanes of at least 4 members (excludes halogenated alkanes) is 2. The van der Waals surface area contributed by atoms with Crippen LogP contribution in [-0.4, -0.2) is 48.1 Å². The Morgan fingerprint density at radius 2 is 1.94 bits per heavy atom. The zero-order valence-corrected chi connectivity index (χ0v) is 11.0. The maximum Gasteiger partial charge on any atom is 0.222 e. The lowest BCUT2D eigenvalue weighted by atomic mass is 10.1.